The number of halogens is 2. The van der Waals surface area contributed by atoms with E-state index in [9.17, 15) is 9.59 Å². The zero-order valence-corrected chi connectivity index (χ0v) is 16.7. The van der Waals surface area contributed by atoms with Crippen LogP contribution in [0.5, 0.6) is 5.75 Å². The van der Waals surface area contributed by atoms with Crippen LogP contribution in [0.2, 0.25) is 0 Å². The lowest BCUT2D eigenvalue weighted by Gasteiger charge is -2.10. The molecule has 2 aromatic carbocycles. The van der Waals surface area contributed by atoms with Crippen molar-refractivity contribution in [2.75, 3.05) is 6.61 Å². The predicted octanol–water partition coefficient (Wildman–Crippen LogP) is 3.46. The first kappa shape index (κ1) is 18.7. The third kappa shape index (κ3) is 5.48. The molecule has 0 aliphatic carbocycles. The molecule has 0 radical (unpaired) electrons. The van der Waals surface area contributed by atoms with Crippen molar-refractivity contribution in [3.63, 3.8) is 0 Å². The maximum absolute atomic E-state index is 11.9. The summed E-state index contributed by atoms with van der Waals surface area (Å²) < 4.78 is 7.17. The SMILES string of the molecule is CCc1ccc(OCC(=O)NNC(=O)c2cccc(I)c2)c(Br)c1. The average molecular weight is 503 g/mol. The van der Waals surface area contributed by atoms with E-state index in [0.29, 0.717) is 11.3 Å². The number of ether oxygens (including phenoxy) is 1. The monoisotopic (exact) mass is 502 g/mol. The fourth-order valence-electron chi connectivity index (χ4n) is 1.89. The Hall–Kier alpha value is -1.61. The number of amides is 2. The second kappa shape index (κ2) is 9.03. The van der Waals surface area contributed by atoms with Gasteiger partial charge in [0.05, 0.1) is 4.47 Å². The lowest BCUT2D eigenvalue weighted by atomic mass is 10.2. The first-order valence-electron chi connectivity index (χ1n) is 7.25. The number of hydrogen-bond donors (Lipinski definition) is 2. The summed E-state index contributed by atoms with van der Waals surface area (Å²) in [6, 6.07) is 12.8. The molecular formula is C17H16BrIN2O3. The van der Waals surface area contributed by atoms with Gasteiger partial charge in [0.15, 0.2) is 6.61 Å². The molecule has 126 valence electrons. The van der Waals surface area contributed by atoms with Gasteiger partial charge in [0.25, 0.3) is 11.8 Å². The van der Waals surface area contributed by atoms with Crippen LogP contribution in [0.1, 0.15) is 22.8 Å². The van der Waals surface area contributed by atoms with Crippen LogP contribution in [-0.2, 0) is 11.2 Å². The van der Waals surface area contributed by atoms with Crippen LogP contribution >= 0.6 is 38.5 Å². The average Bonchev–Trinajstić information content (AvgIpc) is 2.58. The summed E-state index contributed by atoms with van der Waals surface area (Å²) in [7, 11) is 0. The summed E-state index contributed by atoms with van der Waals surface area (Å²) in [5, 5.41) is 0. The highest BCUT2D eigenvalue weighted by Crippen LogP contribution is 2.26. The van der Waals surface area contributed by atoms with Gasteiger partial charge >= 0.3 is 0 Å². The largest absolute Gasteiger partial charge is 0.483 e. The van der Waals surface area contributed by atoms with Crippen molar-refractivity contribution < 1.29 is 14.3 Å². The topological polar surface area (TPSA) is 67.4 Å². The summed E-state index contributed by atoms with van der Waals surface area (Å²) in [6.07, 6.45) is 0.920. The summed E-state index contributed by atoms with van der Waals surface area (Å²) in [5.74, 6) is -0.248. The summed E-state index contributed by atoms with van der Waals surface area (Å²) >= 11 is 5.53. The van der Waals surface area contributed by atoms with Crippen LogP contribution in [0, 0.1) is 3.57 Å². The Morgan fingerprint density at radius 1 is 1.17 bits per heavy atom. The summed E-state index contributed by atoms with van der Waals surface area (Å²) in [4.78, 5) is 23.7. The molecule has 0 aliphatic heterocycles. The minimum atomic E-state index is -0.444. The van der Waals surface area contributed by atoms with Crippen LogP contribution < -0.4 is 15.6 Å². The fraction of sp³-hybridized carbons (Fsp3) is 0.176. The van der Waals surface area contributed by atoms with Gasteiger partial charge in [-0.05, 0) is 80.8 Å². The number of nitrogens with one attached hydrogen (secondary N) is 2. The molecule has 0 unspecified atom stereocenters. The van der Waals surface area contributed by atoms with E-state index in [-0.39, 0.29) is 12.5 Å². The van der Waals surface area contributed by atoms with Gasteiger partial charge in [0.2, 0.25) is 0 Å². The summed E-state index contributed by atoms with van der Waals surface area (Å²) in [6.45, 7) is 1.86. The van der Waals surface area contributed by atoms with Crippen molar-refractivity contribution in [3.8, 4) is 5.75 Å². The van der Waals surface area contributed by atoms with E-state index < -0.39 is 5.91 Å². The Balaban J connectivity index is 1.82. The molecule has 0 heterocycles. The number of benzene rings is 2. The van der Waals surface area contributed by atoms with Gasteiger partial charge < -0.3 is 4.74 Å². The minimum Gasteiger partial charge on any atom is -0.483 e. The molecule has 0 bridgehead atoms. The van der Waals surface area contributed by atoms with Crippen LogP contribution in [-0.4, -0.2) is 18.4 Å². The van der Waals surface area contributed by atoms with Crippen molar-refractivity contribution in [3.05, 3.63) is 61.6 Å². The molecule has 2 amide bonds. The third-order valence-corrected chi connectivity index (χ3v) is 4.46. The minimum absolute atomic E-state index is 0.198. The number of rotatable bonds is 5. The quantitative estimate of drug-likeness (QED) is 0.486. The second-order valence-electron chi connectivity index (χ2n) is 4.92. The van der Waals surface area contributed by atoms with E-state index >= 15 is 0 Å². The Bertz CT molecular complexity index is 752. The molecule has 0 aliphatic rings. The lowest BCUT2D eigenvalue weighted by molar-refractivity contribution is -0.123. The Morgan fingerprint density at radius 2 is 1.96 bits per heavy atom. The number of carbonyl (C=O) groups excluding carboxylic acids is 2. The number of aryl methyl sites for hydroxylation is 1. The van der Waals surface area contributed by atoms with E-state index in [4.69, 9.17) is 4.74 Å². The molecule has 0 spiro atoms. The first-order chi connectivity index (χ1) is 11.5. The zero-order valence-electron chi connectivity index (χ0n) is 12.9. The van der Waals surface area contributed by atoms with E-state index in [1.807, 2.05) is 18.2 Å². The highest BCUT2D eigenvalue weighted by atomic mass is 127. The third-order valence-electron chi connectivity index (χ3n) is 3.17. The number of carbonyl (C=O) groups is 2. The highest BCUT2D eigenvalue weighted by Gasteiger charge is 2.09. The standard InChI is InChI=1S/C17H16BrIN2O3/c1-2-11-6-7-15(14(18)8-11)24-10-16(22)20-21-17(23)12-4-3-5-13(19)9-12/h3-9H,2,10H2,1H3,(H,20,22)(H,21,23). The van der Waals surface area contributed by atoms with Gasteiger partial charge in [0.1, 0.15) is 5.75 Å². The maximum Gasteiger partial charge on any atom is 0.276 e. The normalized spacial score (nSPS) is 10.1. The van der Waals surface area contributed by atoms with E-state index in [1.165, 1.54) is 5.56 Å². The highest BCUT2D eigenvalue weighted by molar-refractivity contribution is 14.1. The molecule has 0 saturated heterocycles. The molecule has 2 N–H and O–H groups in total. The molecule has 0 fully saturated rings. The number of hydrogen-bond acceptors (Lipinski definition) is 3. The van der Waals surface area contributed by atoms with Gasteiger partial charge in [-0.2, -0.15) is 0 Å². The van der Waals surface area contributed by atoms with Gasteiger partial charge in [-0.3, -0.25) is 20.4 Å². The molecule has 2 aromatic rings. The molecule has 24 heavy (non-hydrogen) atoms. The van der Waals surface area contributed by atoms with Gasteiger partial charge in [-0.1, -0.05) is 19.1 Å². The fourth-order valence-corrected chi connectivity index (χ4v) is 2.97. The van der Waals surface area contributed by atoms with Crippen LogP contribution in [0.3, 0.4) is 0 Å². The van der Waals surface area contributed by atoms with Crippen molar-refractivity contribution in [2.45, 2.75) is 13.3 Å². The van der Waals surface area contributed by atoms with E-state index in [0.717, 1.165) is 14.5 Å². The molecular weight excluding hydrogens is 487 g/mol. The molecule has 0 saturated carbocycles. The molecule has 2 rings (SSSR count). The van der Waals surface area contributed by atoms with Gasteiger partial charge in [-0.25, -0.2) is 0 Å². The van der Waals surface area contributed by atoms with E-state index in [1.54, 1.807) is 24.3 Å². The van der Waals surface area contributed by atoms with Crippen molar-refractivity contribution in [1.82, 2.24) is 10.9 Å². The maximum atomic E-state index is 11.9. The predicted molar refractivity (Wildman–Crippen MR) is 104 cm³/mol. The smallest absolute Gasteiger partial charge is 0.276 e. The lowest BCUT2D eigenvalue weighted by Crippen LogP contribution is -2.43. The first-order valence-corrected chi connectivity index (χ1v) is 9.12. The van der Waals surface area contributed by atoms with E-state index in [2.05, 4.69) is 56.3 Å². The van der Waals surface area contributed by atoms with Crippen molar-refractivity contribution >= 4 is 50.3 Å². The molecule has 0 aromatic heterocycles. The molecule has 7 heteroatoms. The Morgan fingerprint density at radius 3 is 2.62 bits per heavy atom. The molecule has 0 atom stereocenters. The number of hydrazine groups is 1. The van der Waals surface area contributed by atoms with Crippen LogP contribution in [0.25, 0.3) is 0 Å². The molecule has 5 nitrogen and oxygen atoms in total. The van der Waals surface area contributed by atoms with Crippen LogP contribution in [0.15, 0.2) is 46.9 Å². The zero-order chi connectivity index (χ0) is 17.5. The van der Waals surface area contributed by atoms with Crippen LogP contribution in [0.4, 0.5) is 0 Å². The van der Waals surface area contributed by atoms with Crippen molar-refractivity contribution in [2.24, 2.45) is 0 Å². The summed E-state index contributed by atoms with van der Waals surface area (Å²) in [5.41, 5.74) is 6.34. The Kier molecular flexibility index (Phi) is 7.04. The second-order valence-corrected chi connectivity index (χ2v) is 7.02. The van der Waals surface area contributed by atoms with Gasteiger partial charge in [-0.15, -0.1) is 0 Å². The van der Waals surface area contributed by atoms with Gasteiger partial charge in [0, 0.05) is 9.13 Å². The van der Waals surface area contributed by atoms with Crippen molar-refractivity contribution in [1.29, 1.82) is 0 Å². The Labute approximate surface area is 162 Å².